The molecule has 19 heavy (non-hydrogen) atoms. The van der Waals surface area contributed by atoms with Gasteiger partial charge in [-0.1, -0.05) is 29.8 Å². The Morgan fingerprint density at radius 3 is 2.79 bits per heavy atom. The van der Waals surface area contributed by atoms with E-state index in [1.54, 1.807) is 7.11 Å². The van der Waals surface area contributed by atoms with Gasteiger partial charge in [-0.25, -0.2) is 0 Å². The molecule has 3 heteroatoms. The summed E-state index contributed by atoms with van der Waals surface area (Å²) in [6.07, 6.45) is 2.54. The van der Waals surface area contributed by atoms with E-state index in [2.05, 4.69) is 36.1 Å². The quantitative estimate of drug-likeness (QED) is 0.885. The molecule has 1 aliphatic heterocycles. The maximum absolute atomic E-state index is 6.32. The molecule has 2 atom stereocenters. The number of ether oxygens (including phenoxy) is 1. The third-order valence-corrected chi connectivity index (χ3v) is 3.97. The molecule has 3 nitrogen and oxygen atoms in total. The van der Waals surface area contributed by atoms with Gasteiger partial charge in [0.1, 0.15) is 0 Å². The number of hydrogen-bond acceptors (Lipinski definition) is 3. The molecule has 1 heterocycles. The van der Waals surface area contributed by atoms with Gasteiger partial charge in [0.15, 0.2) is 0 Å². The maximum Gasteiger partial charge on any atom is 0.0502 e. The summed E-state index contributed by atoms with van der Waals surface area (Å²) in [4.78, 5) is 2.48. The minimum absolute atomic E-state index is 0.113. The number of nitrogens with zero attached hydrogens (tertiary/aromatic N) is 1. The normalized spacial score (nSPS) is 22.4. The first-order valence-corrected chi connectivity index (χ1v) is 7.22. The van der Waals surface area contributed by atoms with Crippen molar-refractivity contribution >= 4 is 0 Å². The molecule has 0 amide bonds. The zero-order chi connectivity index (χ0) is 13.7. The summed E-state index contributed by atoms with van der Waals surface area (Å²) in [6, 6.07) is 8.69. The Morgan fingerprint density at radius 1 is 1.37 bits per heavy atom. The minimum atomic E-state index is 0.113. The first-order chi connectivity index (χ1) is 9.19. The molecular formula is C16H26N2O. The van der Waals surface area contributed by atoms with Crippen LogP contribution in [0.2, 0.25) is 0 Å². The van der Waals surface area contributed by atoms with Crippen LogP contribution in [-0.2, 0) is 4.74 Å². The van der Waals surface area contributed by atoms with Crippen molar-refractivity contribution in [3.05, 3.63) is 35.4 Å². The van der Waals surface area contributed by atoms with Crippen molar-refractivity contribution in [1.29, 1.82) is 0 Å². The SMILES string of the molecule is COCC1CCCN(CC(N)c2ccc(C)cc2)C1. The second-order valence-corrected chi connectivity index (χ2v) is 5.74. The fourth-order valence-corrected chi connectivity index (χ4v) is 2.89. The lowest BCUT2D eigenvalue weighted by molar-refractivity contribution is 0.0878. The lowest BCUT2D eigenvalue weighted by atomic mass is 9.97. The first kappa shape index (κ1) is 14.5. The van der Waals surface area contributed by atoms with Crippen LogP contribution >= 0.6 is 0 Å². The summed E-state index contributed by atoms with van der Waals surface area (Å²) in [6.45, 7) is 6.21. The van der Waals surface area contributed by atoms with Crippen LogP contribution in [0.1, 0.15) is 30.0 Å². The van der Waals surface area contributed by atoms with Crippen molar-refractivity contribution < 1.29 is 4.74 Å². The molecule has 0 aromatic heterocycles. The summed E-state index contributed by atoms with van der Waals surface area (Å²) < 4.78 is 5.27. The number of methoxy groups -OCH3 is 1. The summed E-state index contributed by atoms with van der Waals surface area (Å²) in [5.41, 5.74) is 8.84. The van der Waals surface area contributed by atoms with E-state index < -0.39 is 0 Å². The zero-order valence-corrected chi connectivity index (χ0v) is 12.1. The maximum atomic E-state index is 6.32. The molecule has 0 aliphatic carbocycles. The molecule has 0 spiro atoms. The highest BCUT2D eigenvalue weighted by Crippen LogP contribution is 2.19. The summed E-state index contributed by atoms with van der Waals surface area (Å²) >= 11 is 0. The van der Waals surface area contributed by atoms with Gasteiger partial charge < -0.3 is 15.4 Å². The number of aryl methyl sites for hydroxylation is 1. The van der Waals surface area contributed by atoms with Crippen LogP contribution in [0.25, 0.3) is 0 Å². The molecule has 1 fully saturated rings. The van der Waals surface area contributed by atoms with Crippen LogP contribution in [0, 0.1) is 12.8 Å². The Balaban J connectivity index is 1.87. The number of rotatable bonds is 5. The summed E-state index contributed by atoms with van der Waals surface area (Å²) in [5, 5.41) is 0. The van der Waals surface area contributed by atoms with Crippen molar-refractivity contribution in [2.75, 3.05) is 33.4 Å². The van der Waals surface area contributed by atoms with Gasteiger partial charge in [0.05, 0.1) is 6.61 Å². The second kappa shape index (κ2) is 7.04. The van der Waals surface area contributed by atoms with Gasteiger partial charge >= 0.3 is 0 Å². The molecule has 1 aromatic rings. The highest BCUT2D eigenvalue weighted by atomic mass is 16.5. The van der Waals surface area contributed by atoms with Gasteiger partial charge in [-0.2, -0.15) is 0 Å². The van der Waals surface area contributed by atoms with Crippen molar-refractivity contribution in [3.63, 3.8) is 0 Å². The van der Waals surface area contributed by atoms with Crippen LogP contribution in [0.4, 0.5) is 0 Å². The fraction of sp³-hybridized carbons (Fsp3) is 0.625. The van der Waals surface area contributed by atoms with Gasteiger partial charge in [-0.3, -0.25) is 0 Å². The predicted octanol–water partition coefficient (Wildman–Crippen LogP) is 2.35. The predicted molar refractivity (Wildman–Crippen MR) is 79.1 cm³/mol. The Kier molecular flexibility index (Phi) is 5.37. The van der Waals surface area contributed by atoms with E-state index in [1.165, 1.54) is 30.5 Å². The molecule has 2 unspecified atom stereocenters. The number of piperidine rings is 1. The number of nitrogens with two attached hydrogens (primary N) is 1. The van der Waals surface area contributed by atoms with Gasteiger partial charge in [0, 0.05) is 26.2 Å². The summed E-state index contributed by atoms with van der Waals surface area (Å²) in [5.74, 6) is 0.670. The van der Waals surface area contributed by atoms with Gasteiger partial charge in [-0.15, -0.1) is 0 Å². The highest BCUT2D eigenvalue weighted by Gasteiger charge is 2.21. The van der Waals surface area contributed by atoms with Crippen LogP contribution < -0.4 is 5.73 Å². The molecule has 1 saturated heterocycles. The first-order valence-electron chi connectivity index (χ1n) is 7.22. The third kappa shape index (κ3) is 4.30. The third-order valence-electron chi connectivity index (χ3n) is 3.97. The molecule has 106 valence electrons. The molecule has 0 radical (unpaired) electrons. The smallest absolute Gasteiger partial charge is 0.0502 e. The van der Waals surface area contributed by atoms with Crippen LogP contribution in [0.15, 0.2) is 24.3 Å². The number of hydrogen-bond donors (Lipinski definition) is 1. The molecule has 1 aromatic carbocycles. The Hall–Kier alpha value is -0.900. The van der Waals surface area contributed by atoms with Crippen LogP contribution in [-0.4, -0.2) is 38.3 Å². The Bertz CT molecular complexity index is 375. The van der Waals surface area contributed by atoms with Crippen molar-refractivity contribution in [3.8, 4) is 0 Å². The topological polar surface area (TPSA) is 38.5 Å². The minimum Gasteiger partial charge on any atom is -0.384 e. The second-order valence-electron chi connectivity index (χ2n) is 5.74. The van der Waals surface area contributed by atoms with E-state index in [1.807, 2.05) is 0 Å². The van der Waals surface area contributed by atoms with Gasteiger partial charge in [0.2, 0.25) is 0 Å². The van der Waals surface area contributed by atoms with E-state index in [0.29, 0.717) is 5.92 Å². The van der Waals surface area contributed by atoms with Gasteiger partial charge in [0.25, 0.3) is 0 Å². The molecular weight excluding hydrogens is 236 g/mol. The average molecular weight is 262 g/mol. The Labute approximate surface area is 116 Å². The lowest BCUT2D eigenvalue weighted by Crippen LogP contribution is -2.40. The van der Waals surface area contributed by atoms with E-state index >= 15 is 0 Å². The van der Waals surface area contributed by atoms with E-state index in [-0.39, 0.29) is 6.04 Å². The van der Waals surface area contributed by atoms with Crippen molar-refractivity contribution in [2.24, 2.45) is 11.7 Å². The standard InChI is InChI=1S/C16H26N2O/c1-13-5-7-15(8-6-13)16(17)11-18-9-3-4-14(10-18)12-19-2/h5-8,14,16H,3-4,9-12,17H2,1-2H3. The summed E-state index contributed by atoms with van der Waals surface area (Å²) in [7, 11) is 1.79. The Morgan fingerprint density at radius 2 is 2.11 bits per heavy atom. The van der Waals surface area contributed by atoms with Crippen LogP contribution in [0.3, 0.4) is 0 Å². The molecule has 0 bridgehead atoms. The fourth-order valence-electron chi connectivity index (χ4n) is 2.89. The zero-order valence-electron chi connectivity index (χ0n) is 12.1. The van der Waals surface area contributed by atoms with Crippen molar-refractivity contribution in [2.45, 2.75) is 25.8 Å². The number of benzene rings is 1. The van der Waals surface area contributed by atoms with Crippen molar-refractivity contribution in [1.82, 2.24) is 4.90 Å². The average Bonchev–Trinajstić information content (AvgIpc) is 2.40. The molecule has 0 saturated carbocycles. The molecule has 2 N–H and O–H groups in total. The number of likely N-dealkylation sites (tertiary alicyclic amines) is 1. The molecule has 2 rings (SSSR count). The largest absolute Gasteiger partial charge is 0.384 e. The highest BCUT2D eigenvalue weighted by molar-refractivity contribution is 5.24. The van der Waals surface area contributed by atoms with Crippen LogP contribution in [0.5, 0.6) is 0 Å². The van der Waals surface area contributed by atoms with E-state index in [4.69, 9.17) is 10.5 Å². The molecule has 1 aliphatic rings. The monoisotopic (exact) mass is 262 g/mol. The van der Waals surface area contributed by atoms with Gasteiger partial charge in [-0.05, 0) is 37.8 Å². The lowest BCUT2D eigenvalue weighted by Gasteiger charge is -2.34. The van der Waals surface area contributed by atoms with E-state index in [0.717, 1.165) is 19.7 Å². The van der Waals surface area contributed by atoms with E-state index in [9.17, 15) is 0 Å².